The van der Waals surface area contributed by atoms with E-state index in [4.69, 9.17) is 11.5 Å². The summed E-state index contributed by atoms with van der Waals surface area (Å²) in [4.78, 5) is 37.0. The summed E-state index contributed by atoms with van der Waals surface area (Å²) < 4.78 is 0. The highest BCUT2D eigenvalue weighted by Crippen LogP contribution is 2.38. The van der Waals surface area contributed by atoms with Gasteiger partial charge in [-0.05, 0) is 44.1 Å². The number of amides is 2. The zero-order chi connectivity index (χ0) is 19.0. The van der Waals surface area contributed by atoms with Gasteiger partial charge in [0.05, 0.1) is 17.1 Å². The van der Waals surface area contributed by atoms with Crippen LogP contribution in [0.3, 0.4) is 0 Å². The number of nitrogen functional groups attached to an aromatic ring is 1. The second-order valence-corrected chi connectivity index (χ2v) is 9.18. The maximum Gasteiger partial charge on any atom is 0.233 e. The zero-order valence-electron chi connectivity index (χ0n) is 15.1. The molecule has 1 saturated heterocycles. The molecule has 2 aliphatic rings. The highest BCUT2D eigenvalue weighted by Gasteiger charge is 2.27. The number of rotatable bonds is 4. The van der Waals surface area contributed by atoms with Crippen LogP contribution in [0.2, 0.25) is 0 Å². The van der Waals surface area contributed by atoms with Gasteiger partial charge in [-0.3, -0.25) is 9.59 Å². The first-order chi connectivity index (χ1) is 13.0. The Balaban J connectivity index is 1.46. The average molecular weight is 406 g/mol. The van der Waals surface area contributed by atoms with Crippen LogP contribution in [0.5, 0.6) is 0 Å². The minimum atomic E-state index is -0.330. The number of hydrogen-bond acceptors (Lipinski definition) is 7. The number of nitrogens with zero attached hydrogens (tertiary/aromatic N) is 3. The molecule has 144 valence electrons. The van der Waals surface area contributed by atoms with Crippen LogP contribution >= 0.6 is 23.1 Å². The van der Waals surface area contributed by atoms with Gasteiger partial charge in [-0.1, -0.05) is 11.8 Å². The van der Waals surface area contributed by atoms with Crippen molar-refractivity contribution in [2.45, 2.75) is 43.7 Å². The molecule has 9 heteroatoms. The third-order valence-corrected chi connectivity index (χ3v) is 7.34. The van der Waals surface area contributed by atoms with Gasteiger partial charge in [-0.15, -0.1) is 11.3 Å². The van der Waals surface area contributed by atoms with Crippen molar-refractivity contribution in [1.82, 2.24) is 14.9 Å². The van der Waals surface area contributed by atoms with E-state index in [9.17, 15) is 9.59 Å². The van der Waals surface area contributed by atoms with E-state index >= 15 is 0 Å². The van der Waals surface area contributed by atoms with Crippen LogP contribution in [0.15, 0.2) is 5.16 Å². The monoisotopic (exact) mass is 405 g/mol. The first kappa shape index (κ1) is 18.5. The Labute approximate surface area is 165 Å². The lowest BCUT2D eigenvalue weighted by Crippen LogP contribution is -2.44. The number of nitrogens with two attached hydrogens (primary N) is 2. The number of primary amides is 1. The normalized spacial score (nSPS) is 19.9. The van der Waals surface area contributed by atoms with Gasteiger partial charge in [0.2, 0.25) is 11.8 Å². The SMILES string of the molecule is NC(=O)[C@H]1CCCN(C(=O)CSc2nc(N)c3c4c(sc3n2)CCCC4)C1. The van der Waals surface area contributed by atoms with Gasteiger partial charge in [0.15, 0.2) is 5.16 Å². The first-order valence-corrected chi connectivity index (χ1v) is 11.1. The van der Waals surface area contributed by atoms with Crippen molar-refractivity contribution < 1.29 is 9.59 Å². The predicted molar refractivity (Wildman–Crippen MR) is 108 cm³/mol. The number of carbonyl (C=O) groups is 2. The topological polar surface area (TPSA) is 115 Å². The van der Waals surface area contributed by atoms with Crippen molar-refractivity contribution in [3.05, 3.63) is 10.4 Å². The number of carbonyl (C=O) groups excluding carboxylic acids is 2. The van der Waals surface area contributed by atoms with E-state index < -0.39 is 0 Å². The lowest BCUT2D eigenvalue weighted by Gasteiger charge is -2.31. The number of piperidine rings is 1. The summed E-state index contributed by atoms with van der Waals surface area (Å²) in [6.07, 6.45) is 6.10. The fourth-order valence-electron chi connectivity index (χ4n) is 3.88. The number of anilines is 1. The Hall–Kier alpha value is -1.87. The fourth-order valence-corrected chi connectivity index (χ4v) is 5.96. The summed E-state index contributed by atoms with van der Waals surface area (Å²) in [6, 6.07) is 0. The van der Waals surface area contributed by atoms with Crippen molar-refractivity contribution in [2.75, 3.05) is 24.6 Å². The minimum Gasteiger partial charge on any atom is -0.383 e. The molecule has 1 aliphatic carbocycles. The summed E-state index contributed by atoms with van der Waals surface area (Å²) in [5.41, 5.74) is 12.9. The molecule has 1 fully saturated rings. The number of likely N-dealkylation sites (tertiary alicyclic amines) is 1. The summed E-state index contributed by atoms with van der Waals surface area (Å²) in [5, 5.41) is 1.54. The maximum absolute atomic E-state index is 12.5. The number of aromatic nitrogens is 2. The quantitative estimate of drug-likeness (QED) is 0.593. The van der Waals surface area contributed by atoms with E-state index in [1.165, 1.54) is 35.0 Å². The lowest BCUT2D eigenvalue weighted by atomic mass is 9.97. The molecule has 0 aromatic carbocycles. The van der Waals surface area contributed by atoms with E-state index in [1.807, 2.05) is 0 Å². The molecule has 0 unspecified atom stereocenters. The molecular weight excluding hydrogens is 382 g/mol. The van der Waals surface area contributed by atoms with Gasteiger partial charge in [-0.2, -0.15) is 0 Å². The Morgan fingerprint density at radius 2 is 2.04 bits per heavy atom. The summed E-state index contributed by atoms with van der Waals surface area (Å²) in [5.74, 6) is 0.165. The number of thiophene rings is 1. The van der Waals surface area contributed by atoms with E-state index in [0.29, 0.717) is 24.1 Å². The standard InChI is InChI=1S/C18H23N5O2S2/c19-15-14-11-5-1-2-6-12(11)27-17(14)22-18(21-15)26-9-13(24)23-7-3-4-10(8-23)16(20)25/h10H,1-9H2,(H2,20,25)(H2,19,21,22)/t10-/m0/s1. The molecule has 0 saturated carbocycles. The van der Waals surface area contributed by atoms with Crippen LogP contribution in [-0.4, -0.2) is 45.5 Å². The lowest BCUT2D eigenvalue weighted by molar-refractivity contribution is -0.132. The Morgan fingerprint density at radius 1 is 1.22 bits per heavy atom. The number of fused-ring (bicyclic) bond motifs is 3. The van der Waals surface area contributed by atoms with Crippen molar-refractivity contribution in [3.63, 3.8) is 0 Å². The van der Waals surface area contributed by atoms with Gasteiger partial charge in [-0.25, -0.2) is 9.97 Å². The first-order valence-electron chi connectivity index (χ1n) is 9.30. The van der Waals surface area contributed by atoms with Crippen molar-refractivity contribution in [3.8, 4) is 0 Å². The Morgan fingerprint density at radius 3 is 2.85 bits per heavy atom. The van der Waals surface area contributed by atoms with Crippen LogP contribution in [0.25, 0.3) is 10.2 Å². The van der Waals surface area contributed by atoms with Crippen LogP contribution in [0.4, 0.5) is 5.82 Å². The van der Waals surface area contributed by atoms with Crippen molar-refractivity contribution in [1.29, 1.82) is 0 Å². The molecule has 1 aliphatic heterocycles. The number of thioether (sulfide) groups is 1. The molecule has 0 radical (unpaired) electrons. The highest BCUT2D eigenvalue weighted by molar-refractivity contribution is 7.99. The molecule has 7 nitrogen and oxygen atoms in total. The largest absolute Gasteiger partial charge is 0.383 e. The second kappa shape index (κ2) is 7.63. The van der Waals surface area contributed by atoms with Crippen LogP contribution < -0.4 is 11.5 Å². The van der Waals surface area contributed by atoms with E-state index in [2.05, 4.69) is 9.97 Å². The van der Waals surface area contributed by atoms with Gasteiger partial charge in [0, 0.05) is 18.0 Å². The smallest absolute Gasteiger partial charge is 0.233 e. The van der Waals surface area contributed by atoms with Crippen LogP contribution in [-0.2, 0) is 22.4 Å². The van der Waals surface area contributed by atoms with Gasteiger partial charge < -0.3 is 16.4 Å². The summed E-state index contributed by atoms with van der Waals surface area (Å²) in [6.45, 7) is 1.08. The molecule has 2 aromatic rings. The highest BCUT2D eigenvalue weighted by atomic mass is 32.2. The molecule has 27 heavy (non-hydrogen) atoms. The number of hydrogen-bond donors (Lipinski definition) is 2. The predicted octanol–water partition coefficient (Wildman–Crippen LogP) is 1.97. The molecule has 2 aromatic heterocycles. The molecule has 0 bridgehead atoms. The molecule has 4 N–H and O–H groups in total. The van der Waals surface area contributed by atoms with E-state index in [1.54, 1.807) is 16.2 Å². The zero-order valence-corrected chi connectivity index (χ0v) is 16.7. The third-order valence-electron chi connectivity index (χ3n) is 5.32. The molecule has 2 amide bonds. The van der Waals surface area contributed by atoms with Crippen molar-refractivity contribution in [2.24, 2.45) is 11.7 Å². The second-order valence-electron chi connectivity index (χ2n) is 7.15. The van der Waals surface area contributed by atoms with Gasteiger partial charge >= 0.3 is 0 Å². The van der Waals surface area contributed by atoms with Crippen LogP contribution in [0.1, 0.15) is 36.1 Å². The molecule has 0 spiro atoms. The molecular formula is C18H23N5O2S2. The number of aryl methyl sites for hydroxylation is 2. The van der Waals surface area contributed by atoms with Gasteiger partial charge in [0.1, 0.15) is 10.6 Å². The van der Waals surface area contributed by atoms with Gasteiger partial charge in [0.25, 0.3) is 0 Å². The average Bonchev–Trinajstić information content (AvgIpc) is 3.05. The van der Waals surface area contributed by atoms with E-state index in [-0.39, 0.29) is 23.5 Å². The van der Waals surface area contributed by atoms with Crippen molar-refractivity contribution >= 4 is 50.9 Å². The van der Waals surface area contributed by atoms with E-state index in [0.717, 1.165) is 35.9 Å². The molecule has 4 rings (SSSR count). The minimum absolute atomic E-state index is 0.0151. The third kappa shape index (κ3) is 3.75. The fraction of sp³-hybridized carbons (Fsp3) is 0.556. The Bertz CT molecular complexity index is 897. The molecule has 1 atom stereocenters. The summed E-state index contributed by atoms with van der Waals surface area (Å²) >= 11 is 3.01. The molecule has 3 heterocycles. The van der Waals surface area contributed by atoms with Crippen LogP contribution in [0, 0.1) is 5.92 Å². The summed E-state index contributed by atoms with van der Waals surface area (Å²) in [7, 11) is 0. The maximum atomic E-state index is 12.5. The Kier molecular flexibility index (Phi) is 5.23.